The van der Waals surface area contributed by atoms with E-state index in [4.69, 9.17) is 0 Å². The molecule has 1 fully saturated rings. The lowest BCUT2D eigenvalue weighted by atomic mass is 9.94. The van der Waals surface area contributed by atoms with Crippen LogP contribution in [0.3, 0.4) is 0 Å². The summed E-state index contributed by atoms with van der Waals surface area (Å²) in [7, 11) is 1.44. The van der Waals surface area contributed by atoms with E-state index in [9.17, 15) is 22.8 Å². The first kappa shape index (κ1) is 15.7. The van der Waals surface area contributed by atoms with Crippen molar-refractivity contribution in [3.8, 4) is 0 Å². The highest BCUT2D eigenvalue weighted by Gasteiger charge is 2.42. The molecule has 0 aliphatic carbocycles. The van der Waals surface area contributed by atoms with Gasteiger partial charge in [0, 0.05) is 13.6 Å². The number of nitrogens with one attached hydrogen (secondary N) is 3. The van der Waals surface area contributed by atoms with Crippen molar-refractivity contribution in [2.75, 3.05) is 13.6 Å². The number of carbonyl (C=O) groups excluding carboxylic acids is 2. The van der Waals surface area contributed by atoms with Gasteiger partial charge >= 0.3 is 6.18 Å². The molecule has 1 rings (SSSR count). The molecule has 0 saturated carbocycles. The molecule has 3 N–H and O–H groups in total. The molecular weight excluding hydrogens is 263 g/mol. The fraction of sp³-hybridized carbons (Fsp3) is 0.818. The Balaban J connectivity index is 2.43. The average molecular weight is 281 g/mol. The van der Waals surface area contributed by atoms with Crippen LogP contribution < -0.4 is 16.0 Å². The fourth-order valence-corrected chi connectivity index (χ4v) is 1.96. The average Bonchev–Trinajstić information content (AvgIpc) is 2.36. The molecule has 2 amide bonds. The summed E-state index contributed by atoms with van der Waals surface area (Å²) in [6, 6.07) is -1.38. The van der Waals surface area contributed by atoms with Crippen molar-refractivity contribution in [3.05, 3.63) is 0 Å². The van der Waals surface area contributed by atoms with E-state index in [0.717, 1.165) is 0 Å². The Hall–Kier alpha value is -1.31. The van der Waals surface area contributed by atoms with E-state index in [1.54, 1.807) is 0 Å². The number of amides is 2. The molecule has 0 aromatic carbocycles. The number of halogens is 3. The molecule has 1 aliphatic heterocycles. The van der Waals surface area contributed by atoms with E-state index in [-0.39, 0.29) is 25.3 Å². The van der Waals surface area contributed by atoms with E-state index in [2.05, 4.69) is 16.0 Å². The third-order valence-corrected chi connectivity index (χ3v) is 3.19. The second-order valence-corrected chi connectivity index (χ2v) is 4.62. The zero-order valence-electron chi connectivity index (χ0n) is 10.8. The van der Waals surface area contributed by atoms with Gasteiger partial charge in [0.25, 0.3) is 0 Å². The second kappa shape index (κ2) is 6.23. The van der Waals surface area contributed by atoms with Gasteiger partial charge in [0.05, 0.1) is 12.0 Å². The van der Waals surface area contributed by atoms with E-state index in [0.29, 0.717) is 0 Å². The summed E-state index contributed by atoms with van der Waals surface area (Å²) in [5.41, 5.74) is 0. The fourth-order valence-electron chi connectivity index (χ4n) is 1.96. The van der Waals surface area contributed by atoms with E-state index < -0.39 is 30.1 Å². The second-order valence-electron chi connectivity index (χ2n) is 4.62. The lowest BCUT2D eigenvalue weighted by Gasteiger charge is -2.30. The number of hydrogen-bond acceptors (Lipinski definition) is 3. The molecule has 0 aromatic heterocycles. The van der Waals surface area contributed by atoms with Gasteiger partial charge < -0.3 is 16.0 Å². The molecule has 1 heterocycles. The normalized spacial score (nSPS) is 25.5. The number of likely N-dealkylation sites (N-methyl/N-ethyl adjacent to an activating group) is 1. The van der Waals surface area contributed by atoms with Crippen molar-refractivity contribution in [1.82, 2.24) is 16.0 Å². The minimum Gasteiger partial charge on any atom is -0.357 e. The third kappa shape index (κ3) is 4.38. The van der Waals surface area contributed by atoms with Crippen LogP contribution in [0.5, 0.6) is 0 Å². The van der Waals surface area contributed by atoms with Crippen LogP contribution in [-0.4, -0.2) is 43.7 Å². The van der Waals surface area contributed by atoms with Crippen LogP contribution in [0.25, 0.3) is 0 Å². The van der Waals surface area contributed by atoms with E-state index >= 15 is 0 Å². The van der Waals surface area contributed by atoms with Crippen molar-refractivity contribution >= 4 is 11.8 Å². The molecule has 110 valence electrons. The molecule has 5 nitrogen and oxygen atoms in total. The maximum absolute atomic E-state index is 12.4. The smallest absolute Gasteiger partial charge is 0.357 e. The number of rotatable bonds is 3. The Morgan fingerprint density at radius 3 is 2.37 bits per heavy atom. The Labute approximate surface area is 109 Å². The first-order valence-corrected chi connectivity index (χ1v) is 6.07. The van der Waals surface area contributed by atoms with Gasteiger partial charge in [0.1, 0.15) is 6.04 Å². The van der Waals surface area contributed by atoms with Gasteiger partial charge in [-0.2, -0.15) is 13.2 Å². The van der Waals surface area contributed by atoms with Crippen LogP contribution in [-0.2, 0) is 9.59 Å². The first-order chi connectivity index (χ1) is 8.75. The summed E-state index contributed by atoms with van der Waals surface area (Å²) in [6.07, 6.45) is -4.21. The molecule has 0 radical (unpaired) electrons. The predicted molar refractivity (Wildman–Crippen MR) is 62.2 cm³/mol. The Kier molecular flexibility index (Phi) is 5.16. The molecule has 1 saturated heterocycles. The van der Waals surface area contributed by atoms with Crippen LogP contribution in [0, 0.1) is 5.92 Å². The quantitative estimate of drug-likeness (QED) is 0.690. The lowest BCUT2D eigenvalue weighted by molar-refractivity contribution is -0.180. The van der Waals surface area contributed by atoms with Gasteiger partial charge in [-0.15, -0.1) is 0 Å². The predicted octanol–water partition coefficient (Wildman–Crippen LogP) is 0.168. The summed E-state index contributed by atoms with van der Waals surface area (Å²) < 4.78 is 37.3. The largest absolute Gasteiger partial charge is 0.393 e. The molecule has 0 spiro atoms. The number of carbonyl (C=O) groups is 2. The summed E-state index contributed by atoms with van der Waals surface area (Å²) in [5, 5.41) is 7.41. The molecule has 0 aromatic rings. The third-order valence-electron chi connectivity index (χ3n) is 3.19. The standard InChI is InChI=1S/C11H18F3N3O2/c1-6(9(18)15-2)17-10(19)8-4-3-7(5-16-8)11(12,13)14/h6-8,16H,3-5H2,1-2H3,(H,15,18)(H,17,19). The van der Waals surface area contributed by atoms with Crippen molar-refractivity contribution < 1.29 is 22.8 Å². The minimum atomic E-state index is -4.23. The summed E-state index contributed by atoms with van der Waals surface area (Å²) in [6.45, 7) is 1.24. The molecule has 3 atom stereocenters. The van der Waals surface area contributed by atoms with E-state index in [1.807, 2.05) is 0 Å². The number of alkyl halides is 3. The van der Waals surface area contributed by atoms with Crippen molar-refractivity contribution in [3.63, 3.8) is 0 Å². The van der Waals surface area contributed by atoms with Crippen molar-refractivity contribution in [2.24, 2.45) is 5.92 Å². The number of piperidine rings is 1. The van der Waals surface area contributed by atoms with Crippen LogP contribution in [0.4, 0.5) is 13.2 Å². The molecule has 8 heteroatoms. The van der Waals surface area contributed by atoms with Crippen molar-refractivity contribution in [1.29, 1.82) is 0 Å². The highest BCUT2D eigenvalue weighted by Crippen LogP contribution is 2.31. The maximum Gasteiger partial charge on any atom is 0.393 e. The van der Waals surface area contributed by atoms with Gasteiger partial charge in [-0.1, -0.05) is 0 Å². The number of hydrogen-bond donors (Lipinski definition) is 3. The summed E-state index contributed by atoms with van der Waals surface area (Å²) >= 11 is 0. The minimum absolute atomic E-state index is 0.0804. The zero-order valence-corrected chi connectivity index (χ0v) is 10.8. The Morgan fingerprint density at radius 1 is 1.32 bits per heavy atom. The molecule has 19 heavy (non-hydrogen) atoms. The van der Waals surface area contributed by atoms with Crippen LogP contribution in [0.2, 0.25) is 0 Å². The molecular formula is C11H18F3N3O2. The van der Waals surface area contributed by atoms with Crippen LogP contribution in [0.15, 0.2) is 0 Å². The molecule has 1 aliphatic rings. The lowest BCUT2D eigenvalue weighted by Crippen LogP contribution is -2.54. The summed E-state index contributed by atoms with van der Waals surface area (Å²) in [4.78, 5) is 23.0. The van der Waals surface area contributed by atoms with E-state index in [1.165, 1.54) is 14.0 Å². The topological polar surface area (TPSA) is 70.2 Å². The Bertz CT molecular complexity index is 339. The van der Waals surface area contributed by atoms with Crippen LogP contribution in [0.1, 0.15) is 19.8 Å². The van der Waals surface area contributed by atoms with Crippen LogP contribution >= 0.6 is 0 Å². The first-order valence-electron chi connectivity index (χ1n) is 6.07. The van der Waals surface area contributed by atoms with Crippen molar-refractivity contribution in [2.45, 2.75) is 38.0 Å². The van der Waals surface area contributed by atoms with Gasteiger partial charge in [0.15, 0.2) is 0 Å². The zero-order chi connectivity index (χ0) is 14.6. The van der Waals surface area contributed by atoms with Gasteiger partial charge in [-0.3, -0.25) is 9.59 Å². The Morgan fingerprint density at radius 2 is 1.95 bits per heavy atom. The van der Waals surface area contributed by atoms with Gasteiger partial charge in [-0.25, -0.2) is 0 Å². The molecule has 3 unspecified atom stereocenters. The van der Waals surface area contributed by atoms with Gasteiger partial charge in [-0.05, 0) is 19.8 Å². The molecule has 0 bridgehead atoms. The highest BCUT2D eigenvalue weighted by molar-refractivity contribution is 5.89. The SMILES string of the molecule is CNC(=O)C(C)NC(=O)C1CCC(C(F)(F)F)CN1. The monoisotopic (exact) mass is 281 g/mol. The summed E-state index contributed by atoms with van der Waals surface area (Å²) in [5.74, 6) is -2.21. The maximum atomic E-state index is 12.4. The highest BCUT2D eigenvalue weighted by atomic mass is 19.4. The van der Waals surface area contributed by atoms with Gasteiger partial charge in [0.2, 0.25) is 11.8 Å².